The molecule has 0 amide bonds. The van der Waals surface area contributed by atoms with Crippen molar-refractivity contribution in [2.45, 2.75) is 105 Å². The van der Waals surface area contributed by atoms with E-state index in [2.05, 4.69) is 510 Å². The molecule has 3 nitrogen and oxygen atoms in total. The molecule has 602 valence electrons. The average Bonchev–Trinajstić information content (AvgIpc) is 0.869. The van der Waals surface area contributed by atoms with Gasteiger partial charge in [0.15, 0.2) is 16.1 Å². The predicted molar refractivity (Wildman–Crippen MR) is 539 cm³/mol. The van der Waals surface area contributed by atoms with Crippen LogP contribution in [0.25, 0.3) is 72.0 Å². The van der Waals surface area contributed by atoms with Crippen molar-refractivity contribution in [3.8, 4) is 50.2 Å². The normalized spacial score (nSPS) is 13.0. The van der Waals surface area contributed by atoms with E-state index in [1.54, 1.807) is 0 Å². The maximum Gasteiger partial charge on any atom is 0.252 e. The minimum absolute atomic E-state index is 0.0482. The lowest BCUT2D eigenvalue weighted by molar-refractivity contribution is 0.590. The third-order valence-electron chi connectivity index (χ3n) is 26.7. The number of hydrogen-bond donors (Lipinski definition) is 0. The Hall–Kier alpha value is -13.4. The van der Waals surface area contributed by atoms with E-state index in [0.29, 0.717) is 0 Å². The first-order valence-corrected chi connectivity index (χ1v) is 48.1. The zero-order chi connectivity index (χ0) is 85.0. The van der Waals surface area contributed by atoms with Crippen LogP contribution >= 0.6 is 0 Å². The van der Waals surface area contributed by atoms with Crippen LogP contribution in [0.1, 0.15) is 105 Å². The molecular formula is C118H104BN3Si2. The summed E-state index contributed by atoms with van der Waals surface area (Å²) in [5.41, 5.74) is 27.8. The highest BCUT2D eigenvalue weighted by Gasteiger charge is 2.49. The fourth-order valence-electron chi connectivity index (χ4n) is 20.3. The van der Waals surface area contributed by atoms with Gasteiger partial charge < -0.3 is 14.4 Å². The Kier molecular flexibility index (Phi) is 19.7. The van der Waals surface area contributed by atoms with Crippen LogP contribution in [-0.4, -0.2) is 27.4 Å². The van der Waals surface area contributed by atoms with Gasteiger partial charge in [0.25, 0.3) is 6.71 Å². The molecule has 0 unspecified atom stereocenters. The lowest BCUT2D eigenvalue weighted by atomic mass is 9.33. The number of rotatable bonds is 15. The Morgan fingerprint density at radius 3 is 0.710 bits per heavy atom. The van der Waals surface area contributed by atoms with Crippen LogP contribution in [0.15, 0.2) is 413 Å². The highest BCUT2D eigenvalue weighted by atomic mass is 28.3. The second-order valence-electron chi connectivity index (χ2n) is 38.5. The molecule has 3 heterocycles. The molecule has 6 heteroatoms. The summed E-state index contributed by atoms with van der Waals surface area (Å²) < 4.78 is 2.58. The summed E-state index contributed by atoms with van der Waals surface area (Å²) in [4.78, 5) is 5.47. The van der Waals surface area contributed by atoms with Gasteiger partial charge in [0.2, 0.25) is 0 Å². The van der Waals surface area contributed by atoms with Crippen LogP contribution in [0.4, 0.5) is 34.1 Å². The van der Waals surface area contributed by atoms with Crippen LogP contribution < -0.4 is 67.7 Å². The van der Waals surface area contributed by atoms with Crippen molar-refractivity contribution < 1.29 is 0 Å². The summed E-state index contributed by atoms with van der Waals surface area (Å²) in [7, 11) is -6.55. The first-order valence-electron chi connectivity index (χ1n) is 44.1. The standard InChI is InChI=1S/C118H104BN3Si2/c1-115(2,3)89-59-51-81(52-60-89)85-71-86(82-53-61-90(62-54-82)116(4,5)6)74-93(73-85)121-110-79-102(123(96-35-19-13-20-36-96,97-37-21-14-22-38-97)98-39-23-15-24-40-98)67-69-106(110)119-107-70-68-103(124(99-41-25-16-26-42-99,100-43-27-17-28-44-100)101-45-29-18-30-46-101)80-111(107)122(113-78-95(77-112(121)114(113)119)120-108-49-33-31-47-104(108)105-48-32-34-50-109(105)120)94-75-87(83-55-63-91(64-56-83)117(7,8)9)72-88(76-94)84-57-65-92(66-58-84)118(10,11)12/h13-80H,1-12H3. The highest BCUT2D eigenvalue weighted by molar-refractivity contribution is 7.20. The van der Waals surface area contributed by atoms with Gasteiger partial charge in [0.1, 0.15) is 0 Å². The Labute approximate surface area is 735 Å². The number of benzene rings is 17. The molecule has 0 bridgehead atoms. The minimum Gasteiger partial charge on any atom is -0.311 e. The fraction of sp³-hybridized carbons (Fsp3) is 0.136. The maximum atomic E-state index is 2.73. The fourth-order valence-corrected chi connectivity index (χ4v) is 29.8. The van der Waals surface area contributed by atoms with E-state index in [9.17, 15) is 0 Å². The smallest absolute Gasteiger partial charge is 0.252 e. The van der Waals surface area contributed by atoms with Gasteiger partial charge in [-0.05, 0) is 219 Å². The molecule has 18 aromatic rings. The maximum absolute atomic E-state index is 3.27. The molecule has 0 atom stereocenters. The van der Waals surface area contributed by atoms with E-state index in [-0.39, 0.29) is 28.4 Å². The van der Waals surface area contributed by atoms with Gasteiger partial charge in [-0.1, -0.05) is 423 Å². The van der Waals surface area contributed by atoms with Crippen LogP contribution in [0.3, 0.4) is 0 Å². The van der Waals surface area contributed by atoms with Crippen molar-refractivity contribution in [1.29, 1.82) is 0 Å². The van der Waals surface area contributed by atoms with Gasteiger partial charge in [0, 0.05) is 44.9 Å². The van der Waals surface area contributed by atoms with Crippen LogP contribution in [0.5, 0.6) is 0 Å². The summed E-state index contributed by atoms with van der Waals surface area (Å²) in [6.45, 7) is 27.5. The zero-order valence-corrected chi connectivity index (χ0v) is 75.2. The lowest BCUT2D eigenvalue weighted by Crippen LogP contribution is -2.75. The Morgan fingerprint density at radius 2 is 0.452 bits per heavy atom. The van der Waals surface area contributed by atoms with Crippen molar-refractivity contribution >= 4 is 137 Å². The Bertz CT molecular complexity index is 6260. The SMILES string of the molecule is CC(C)(C)c1ccc(-c2cc(-c3ccc(C(C)(C)C)cc3)cc(N3c4cc([Si](c5ccccc5)(c5ccccc5)c5ccccc5)ccc4B4c5ccc([Si](c6ccccc6)(c6ccccc6)c6ccccc6)cc5N(c5cc(-c6ccc(C(C)(C)C)cc6)cc(-c6ccc(C(C)(C)C)cc6)c5)c5cc(-n6c7ccccc7c7ccccc76)cc3c54)c2)cc1. The van der Waals surface area contributed by atoms with Gasteiger partial charge in [-0.25, -0.2) is 0 Å². The second kappa shape index (κ2) is 30.9. The lowest BCUT2D eigenvalue weighted by Gasteiger charge is -2.46. The summed E-state index contributed by atoms with van der Waals surface area (Å²) in [5.74, 6) is 0. The molecule has 0 aliphatic carbocycles. The first kappa shape index (κ1) is 79.1. The van der Waals surface area contributed by atoms with Crippen molar-refractivity contribution in [2.24, 2.45) is 0 Å². The molecule has 0 radical (unpaired) electrons. The average molecular weight is 1630 g/mol. The molecule has 0 spiro atoms. The molecule has 0 saturated heterocycles. The van der Waals surface area contributed by atoms with E-state index < -0.39 is 16.1 Å². The molecule has 0 N–H and O–H groups in total. The van der Waals surface area contributed by atoms with E-state index in [0.717, 1.165) is 95.4 Å². The predicted octanol–water partition coefficient (Wildman–Crippen LogP) is 23.5. The topological polar surface area (TPSA) is 11.4 Å². The van der Waals surface area contributed by atoms with Crippen molar-refractivity contribution in [3.05, 3.63) is 435 Å². The van der Waals surface area contributed by atoms with Crippen molar-refractivity contribution in [2.75, 3.05) is 9.80 Å². The highest BCUT2D eigenvalue weighted by Crippen LogP contribution is 2.50. The number of anilines is 6. The Morgan fingerprint density at radius 1 is 0.202 bits per heavy atom. The molecule has 20 rings (SSSR count). The largest absolute Gasteiger partial charge is 0.311 e. The number of para-hydroxylation sites is 2. The number of aromatic nitrogens is 1. The van der Waals surface area contributed by atoms with E-state index in [4.69, 9.17) is 0 Å². The van der Waals surface area contributed by atoms with Crippen LogP contribution in [-0.2, 0) is 21.7 Å². The van der Waals surface area contributed by atoms with Crippen molar-refractivity contribution in [1.82, 2.24) is 4.57 Å². The molecule has 17 aromatic carbocycles. The molecule has 0 fully saturated rings. The van der Waals surface area contributed by atoms with Gasteiger partial charge in [0.05, 0.1) is 16.7 Å². The third kappa shape index (κ3) is 13.7. The monoisotopic (exact) mass is 1630 g/mol. The third-order valence-corrected chi connectivity index (χ3v) is 36.2. The van der Waals surface area contributed by atoms with Gasteiger partial charge >= 0.3 is 0 Å². The molecule has 1 aromatic heterocycles. The molecule has 124 heavy (non-hydrogen) atoms. The van der Waals surface area contributed by atoms with E-state index in [1.807, 2.05) is 0 Å². The zero-order valence-electron chi connectivity index (χ0n) is 73.2. The molecule has 2 aliphatic rings. The summed E-state index contributed by atoms with van der Waals surface area (Å²) in [6, 6.07) is 161. The number of fused-ring (bicyclic) bond motifs is 7. The Balaban J connectivity index is 0.975. The summed E-state index contributed by atoms with van der Waals surface area (Å²) in [5, 5.41) is 12.9. The molecule has 2 aliphatic heterocycles. The van der Waals surface area contributed by atoms with E-state index >= 15 is 0 Å². The second-order valence-corrected chi connectivity index (χ2v) is 46.1. The summed E-state index contributed by atoms with van der Waals surface area (Å²) in [6.07, 6.45) is 0. The molecule has 0 saturated carbocycles. The quantitative estimate of drug-likeness (QED) is 0.0749. The van der Waals surface area contributed by atoms with Crippen LogP contribution in [0, 0.1) is 0 Å². The van der Waals surface area contributed by atoms with E-state index in [1.165, 1.54) is 90.9 Å². The molecular weight excluding hydrogens is 1530 g/mol. The van der Waals surface area contributed by atoms with Gasteiger partial charge in [-0.3, -0.25) is 0 Å². The first-order chi connectivity index (χ1) is 60.0. The number of hydrogen-bond acceptors (Lipinski definition) is 2. The summed E-state index contributed by atoms with van der Waals surface area (Å²) >= 11 is 0. The van der Waals surface area contributed by atoms with Crippen LogP contribution in [0.2, 0.25) is 0 Å². The van der Waals surface area contributed by atoms with Gasteiger partial charge in [-0.2, -0.15) is 0 Å². The minimum atomic E-state index is -3.27. The van der Waals surface area contributed by atoms with Crippen molar-refractivity contribution in [3.63, 3.8) is 0 Å². The van der Waals surface area contributed by atoms with Gasteiger partial charge in [-0.15, -0.1) is 0 Å². The number of nitrogens with zero attached hydrogens (tertiary/aromatic N) is 3.